The van der Waals surface area contributed by atoms with Crippen molar-refractivity contribution in [3.8, 4) is 0 Å². The average Bonchev–Trinajstić information content (AvgIpc) is 2.73. The normalized spacial score (nSPS) is 15.5. The second kappa shape index (κ2) is 8.51. The van der Waals surface area contributed by atoms with E-state index in [0.29, 0.717) is 29.4 Å². The second-order valence-electron chi connectivity index (χ2n) is 6.70. The number of carbonyl (C=O) groups excluding carboxylic acids is 1. The summed E-state index contributed by atoms with van der Waals surface area (Å²) in [6.45, 7) is 6.15. The molecule has 1 aliphatic heterocycles. The van der Waals surface area contributed by atoms with E-state index in [1.54, 1.807) is 24.3 Å². The highest BCUT2D eigenvalue weighted by molar-refractivity contribution is 7.92. The van der Waals surface area contributed by atoms with Crippen LogP contribution in [0.4, 0.5) is 5.69 Å². The van der Waals surface area contributed by atoms with Crippen LogP contribution >= 0.6 is 11.6 Å². The van der Waals surface area contributed by atoms with Gasteiger partial charge in [-0.05, 0) is 49.0 Å². The first-order valence-electron chi connectivity index (χ1n) is 9.19. The van der Waals surface area contributed by atoms with E-state index in [9.17, 15) is 13.2 Å². The maximum atomic E-state index is 12.9. The van der Waals surface area contributed by atoms with Crippen LogP contribution in [0.1, 0.15) is 17.3 Å². The number of amides is 1. The maximum absolute atomic E-state index is 12.9. The zero-order valence-corrected chi connectivity index (χ0v) is 17.6. The predicted molar refractivity (Wildman–Crippen MR) is 112 cm³/mol. The minimum Gasteiger partial charge on any atom is -0.336 e. The molecule has 0 bridgehead atoms. The Morgan fingerprint density at radius 3 is 2.32 bits per heavy atom. The number of rotatable bonds is 5. The van der Waals surface area contributed by atoms with Crippen molar-refractivity contribution < 1.29 is 13.2 Å². The van der Waals surface area contributed by atoms with E-state index in [-0.39, 0.29) is 10.8 Å². The van der Waals surface area contributed by atoms with E-state index in [1.165, 1.54) is 35.6 Å². The molecular formula is C20H24ClN3O3S. The van der Waals surface area contributed by atoms with Gasteiger partial charge in [0.2, 0.25) is 0 Å². The van der Waals surface area contributed by atoms with Gasteiger partial charge in [0.05, 0.1) is 10.6 Å². The van der Waals surface area contributed by atoms with Gasteiger partial charge >= 0.3 is 0 Å². The molecule has 1 saturated heterocycles. The summed E-state index contributed by atoms with van der Waals surface area (Å²) in [6, 6.07) is 12.8. The molecule has 28 heavy (non-hydrogen) atoms. The molecule has 2 aromatic carbocycles. The average molecular weight is 422 g/mol. The Morgan fingerprint density at radius 2 is 1.71 bits per heavy atom. The molecule has 0 saturated carbocycles. The van der Waals surface area contributed by atoms with Gasteiger partial charge < -0.3 is 9.80 Å². The molecule has 150 valence electrons. The summed E-state index contributed by atoms with van der Waals surface area (Å²) < 4.78 is 26.9. The van der Waals surface area contributed by atoms with Crippen LogP contribution < -0.4 is 4.31 Å². The Kier molecular flexibility index (Phi) is 6.27. The van der Waals surface area contributed by atoms with Crippen molar-refractivity contribution in [2.24, 2.45) is 0 Å². The Bertz CT molecular complexity index is 939. The van der Waals surface area contributed by atoms with Crippen molar-refractivity contribution in [2.45, 2.75) is 11.8 Å². The first-order chi connectivity index (χ1) is 13.3. The number of anilines is 1. The number of sulfonamides is 1. The fourth-order valence-electron chi connectivity index (χ4n) is 3.19. The molecule has 0 N–H and O–H groups in total. The summed E-state index contributed by atoms with van der Waals surface area (Å²) in [5, 5.41) is 0.470. The summed E-state index contributed by atoms with van der Waals surface area (Å²) >= 11 is 5.85. The first kappa shape index (κ1) is 20.6. The molecule has 0 aromatic heterocycles. The lowest BCUT2D eigenvalue weighted by Gasteiger charge is -2.34. The summed E-state index contributed by atoms with van der Waals surface area (Å²) in [5.74, 6) is -0.0742. The molecule has 1 amide bonds. The van der Waals surface area contributed by atoms with Crippen LogP contribution in [-0.2, 0) is 10.0 Å². The minimum absolute atomic E-state index is 0.0742. The van der Waals surface area contributed by atoms with Crippen LogP contribution in [-0.4, -0.2) is 63.9 Å². The van der Waals surface area contributed by atoms with Gasteiger partial charge in [0.1, 0.15) is 0 Å². The van der Waals surface area contributed by atoms with E-state index in [1.807, 2.05) is 4.90 Å². The van der Waals surface area contributed by atoms with Crippen LogP contribution in [0, 0.1) is 0 Å². The van der Waals surface area contributed by atoms with E-state index >= 15 is 0 Å². The van der Waals surface area contributed by atoms with Gasteiger partial charge in [-0.15, -0.1) is 0 Å². The number of carbonyl (C=O) groups is 1. The lowest BCUT2D eigenvalue weighted by atomic mass is 10.1. The molecule has 0 unspecified atom stereocenters. The van der Waals surface area contributed by atoms with Crippen molar-refractivity contribution in [3.63, 3.8) is 0 Å². The zero-order chi connectivity index (χ0) is 20.3. The van der Waals surface area contributed by atoms with Crippen LogP contribution in [0.15, 0.2) is 53.4 Å². The summed E-state index contributed by atoms with van der Waals surface area (Å²) in [5.41, 5.74) is 0.925. The van der Waals surface area contributed by atoms with E-state index in [0.717, 1.165) is 19.6 Å². The lowest BCUT2D eigenvalue weighted by molar-refractivity contribution is 0.0643. The number of likely N-dealkylation sites (N-methyl/N-ethyl adjacent to an activating group) is 1. The highest BCUT2D eigenvalue weighted by Gasteiger charge is 2.24. The fraction of sp³-hybridized carbons (Fsp3) is 0.350. The topological polar surface area (TPSA) is 60.9 Å². The van der Waals surface area contributed by atoms with Crippen LogP contribution in [0.5, 0.6) is 0 Å². The molecule has 1 heterocycles. The van der Waals surface area contributed by atoms with E-state index in [2.05, 4.69) is 11.8 Å². The van der Waals surface area contributed by atoms with Crippen LogP contribution in [0.3, 0.4) is 0 Å². The number of hydrogen-bond acceptors (Lipinski definition) is 4. The second-order valence-corrected chi connectivity index (χ2v) is 9.11. The van der Waals surface area contributed by atoms with Gasteiger partial charge in [0, 0.05) is 43.8 Å². The third kappa shape index (κ3) is 4.32. The Hall–Kier alpha value is -2.09. The van der Waals surface area contributed by atoms with E-state index < -0.39 is 10.0 Å². The van der Waals surface area contributed by atoms with Crippen molar-refractivity contribution in [2.75, 3.05) is 44.1 Å². The molecule has 6 nitrogen and oxygen atoms in total. The number of nitrogens with zero attached hydrogens (tertiary/aromatic N) is 3. The first-order valence-corrected chi connectivity index (χ1v) is 11.0. The predicted octanol–water partition coefficient (Wildman–Crippen LogP) is 2.94. The molecule has 1 fully saturated rings. The van der Waals surface area contributed by atoms with Crippen LogP contribution in [0.2, 0.25) is 5.02 Å². The third-order valence-corrected chi connectivity index (χ3v) is 7.09. The molecular weight excluding hydrogens is 398 g/mol. The van der Waals surface area contributed by atoms with Gasteiger partial charge in [0.25, 0.3) is 15.9 Å². The van der Waals surface area contributed by atoms with Gasteiger partial charge in [-0.1, -0.05) is 24.6 Å². The molecule has 0 spiro atoms. The zero-order valence-electron chi connectivity index (χ0n) is 16.0. The minimum atomic E-state index is -3.74. The van der Waals surface area contributed by atoms with Crippen molar-refractivity contribution >= 4 is 33.2 Å². The number of halogens is 1. The smallest absolute Gasteiger partial charge is 0.264 e. The highest BCUT2D eigenvalue weighted by Crippen LogP contribution is 2.24. The largest absolute Gasteiger partial charge is 0.336 e. The number of hydrogen-bond donors (Lipinski definition) is 0. The highest BCUT2D eigenvalue weighted by atomic mass is 35.5. The summed E-state index contributed by atoms with van der Waals surface area (Å²) in [7, 11) is -2.26. The van der Waals surface area contributed by atoms with Gasteiger partial charge in [-0.2, -0.15) is 0 Å². The Balaban J connectivity index is 1.80. The quantitative estimate of drug-likeness (QED) is 0.744. The monoisotopic (exact) mass is 421 g/mol. The standard InChI is InChI=1S/C20H24ClN3O3S/c1-3-23-11-13-24(14-12-23)20(25)16-5-4-6-18(15-16)22(2)28(26,27)19-9-7-17(21)8-10-19/h4-10,15H,3,11-14H2,1-2H3. The summed E-state index contributed by atoms with van der Waals surface area (Å²) in [4.78, 5) is 17.1. The van der Waals surface area contributed by atoms with Gasteiger partial charge in [0.15, 0.2) is 0 Å². The molecule has 0 atom stereocenters. The number of benzene rings is 2. The van der Waals surface area contributed by atoms with E-state index in [4.69, 9.17) is 11.6 Å². The van der Waals surface area contributed by atoms with Gasteiger partial charge in [-0.3, -0.25) is 9.10 Å². The SMILES string of the molecule is CCN1CCN(C(=O)c2cccc(N(C)S(=O)(=O)c3ccc(Cl)cc3)c2)CC1. The van der Waals surface area contributed by atoms with Crippen molar-refractivity contribution in [3.05, 3.63) is 59.1 Å². The van der Waals surface area contributed by atoms with Crippen LogP contribution in [0.25, 0.3) is 0 Å². The van der Waals surface area contributed by atoms with Crippen molar-refractivity contribution in [1.82, 2.24) is 9.80 Å². The van der Waals surface area contributed by atoms with Gasteiger partial charge in [-0.25, -0.2) is 8.42 Å². The molecule has 0 radical (unpaired) electrons. The Labute approximate surface area is 171 Å². The Morgan fingerprint density at radius 1 is 1.07 bits per heavy atom. The molecule has 3 rings (SSSR count). The number of piperazine rings is 1. The maximum Gasteiger partial charge on any atom is 0.264 e. The lowest BCUT2D eigenvalue weighted by Crippen LogP contribution is -2.48. The molecule has 8 heteroatoms. The third-order valence-electron chi connectivity index (χ3n) is 5.04. The molecule has 0 aliphatic carbocycles. The summed E-state index contributed by atoms with van der Waals surface area (Å²) in [6.07, 6.45) is 0. The van der Waals surface area contributed by atoms with Crippen molar-refractivity contribution in [1.29, 1.82) is 0 Å². The molecule has 2 aromatic rings. The molecule has 1 aliphatic rings. The fourth-order valence-corrected chi connectivity index (χ4v) is 4.50.